The third-order valence-corrected chi connectivity index (χ3v) is 3.56. The molecule has 3 nitrogen and oxygen atoms in total. The van der Waals surface area contributed by atoms with E-state index in [0.717, 1.165) is 29.1 Å². The Hall–Kier alpha value is -1.77. The third-order valence-electron chi connectivity index (χ3n) is 3.56. The molecule has 1 saturated carbocycles. The molecule has 2 N–H and O–H groups in total. The van der Waals surface area contributed by atoms with Crippen molar-refractivity contribution in [3.8, 4) is 0 Å². The quantitative estimate of drug-likeness (QED) is 0.848. The van der Waals surface area contributed by atoms with Gasteiger partial charge in [-0.2, -0.15) is 0 Å². The molecule has 0 radical (unpaired) electrons. The van der Waals surface area contributed by atoms with Crippen LogP contribution < -0.4 is 10.9 Å². The number of aromatic nitrogens is 1. The highest BCUT2D eigenvalue weighted by Crippen LogP contribution is 2.26. The topological polar surface area (TPSA) is 44.9 Å². The number of pyridine rings is 1. The van der Waals surface area contributed by atoms with Gasteiger partial charge in [0.05, 0.1) is 0 Å². The lowest BCUT2D eigenvalue weighted by Crippen LogP contribution is -2.22. The zero-order chi connectivity index (χ0) is 11.7. The molecular formula is C14H16N2O. The normalized spacial score (nSPS) is 15.8. The Labute approximate surface area is 99.9 Å². The zero-order valence-electron chi connectivity index (χ0n) is 9.70. The largest absolute Gasteiger partial charge is 0.371 e. The van der Waals surface area contributed by atoms with Crippen LogP contribution in [0.15, 0.2) is 35.1 Å². The summed E-state index contributed by atoms with van der Waals surface area (Å²) < 4.78 is 0. The van der Waals surface area contributed by atoms with Gasteiger partial charge >= 0.3 is 0 Å². The molecule has 1 aliphatic rings. The van der Waals surface area contributed by atoms with E-state index in [0.29, 0.717) is 0 Å². The Bertz CT molecular complexity index is 584. The number of nitrogens with one attached hydrogen (secondary N) is 2. The van der Waals surface area contributed by atoms with Crippen molar-refractivity contribution in [1.29, 1.82) is 0 Å². The van der Waals surface area contributed by atoms with Crippen LogP contribution in [-0.2, 0) is 0 Å². The fourth-order valence-corrected chi connectivity index (χ4v) is 2.26. The van der Waals surface area contributed by atoms with E-state index in [1.165, 1.54) is 19.3 Å². The van der Waals surface area contributed by atoms with Crippen molar-refractivity contribution < 1.29 is 0 Å². The second-order valence-electron chi connectivity index (χ2n) is 4.78. The monoisotopic (exact) mass is 228 g/mol. The number of aromatic amines is 1. The fourth-order valence-electron chi connectivity index (χ4n) is 2.26. The molecule has 1 heterocycles. The van der Waals surface area contributed by atoms with Crippen molar-refractivity contribution in [2.45, 2.75) is 19.3 Å². The third kappa shape index (κ3) is 2.05. The number of fused-ring (bicyclic) bond motifs is 1. The van der Waals surface area contributed by atoms with E-state index in [9.17, 15) is 4.79 Å². The van der Waals surface area contributed by atoms with Gasteiger partial charge in [0.1, 0.15) is 5.82 Å². The van der Waals surface area contributed by atoms with E-state index in [2.05, 4.69) is 10.3 Å². The molecule has 1 aromatic heterocycles. The highest BCUT2D eigenvalue weighted by Gasteiger charge is 2.16. The number of anilines is 1. The zero-order valence-corrected chi connectivity index (χ0v) is 9.70. The first kappa shape index (κ1) is 10.4. The molecule has 88 valence electrons. The molecular weight excluding hydrogens is 212 g/mol. The summed E-state index contributed by atoms with van der Waals surface area (Å²) in [5.74, 6) is 1.62. The smallest absolute Gasteiger partial charge is 0.257 e. The summed E-state index contributed by atoms with van der Waals surface area (Å²) in [5.41, 5.74) is -0.0146. The first-order valence-electron chi connectivity index (χ1n) is 6.19. The summed E-state index contributed by atoms with van der Waals surface area (Å²) >= 11 is 0. The molecule has 0 bridgehead atoms. The number of hydrogen-bond donors (Lipinski definition) is 2. The van der Waals surface area contributed by atoms with Gasteiger partial charge in [-0.1, -0.05) is 24.6 Å². The SMILES string of the molecule is O=c1[nH]c(NCC2CCC2)cc2ccccc12. The highest BCUT2D eigenvalue weighted by atomic mass is 16.1. The lowest BCUT2D eigenvalue weighted by atomic mass is 9.85. The van der Waals surface area contributed by atoms with Crippen molar-refractivity contribution >= 4 is 16.6 Å². The molecule has 0 aliphatic heterocycles. The van der Waals surface area contributed by atoms with E-state index in [1.807, 2.05) is 30.3 Å². The lowest BCUT2D eigenvalue weighted by molar-refractivity contribution is 0.333. The Morgan fingerprint density at radius 2 is 2.12 bits per heavy atom. The van der Waals surface area contributed by atoms with Gasteiger partial charge in [0.15, 0.2) is 0 Å². The van der Waals surface area contributed by atoms with Gasteiger partial charge in [0.2, 0.25) is 0 Å². The van der Waals surface area contributed by atoms with E-state index >= 15 is 0 Å². The van der Waals surface area contributed by atoms with Gasteiger partial charge in [-0.15, -0.1) is 0 Å². The molecule has 0 saturated heterocycles. The maximum Gasteiger partial charge on any atom is 0.257 e. The van der Waals surface area contributed by atoms with Crippen LogP contribution in [0.1, 0.15) is 19.3 Å². The van der Waals surface area contributed by atoms with E-state index in [1.54, 1.807) is 0 Å². The average Bonchev–Trinajstić information content (AvgIpc) is 2.27. The number of rotatable bonds is 3. The Morgan fingerprint density at radius 1 is 1.29 bits per heavy atom. The van der Waals surface area contributed by atoms with Crippen LogP contribution in [0.3, 0.4) is 0 Å². The first-order chi connectivity index (χ1) is 8.33. The number of hydrogen-bond acceptors (Lipinski definition) is 2. The van der Waals surface area contributed by atoms with E-state index in [4.69, 9.17) is 0 Å². The van der Waals surface area contributed by atoms with E-state index < -0.39 is 0 Å². The molecule has 17 heavy (non-hydrogen) atoms. The minimum atomic E-state index is -0.0146. The molecule has 1 aromatic carbocycles. The van der Waals surface area contributed by atoms with Crippen molar-refractivity contribution in [1.82, 2.24) is 4.98 Å². The van der Waals surface area contributed by atoms with Crippen LogP contribution in [0.25, 0.3) is 10.8 Å². The van der Waals surface area contributed by atoms with Gasteiger partial charge in [-0.3, -0.25) is 4.79 Å². The predicted octanol–water partition coefficient (Wildman–Crippen LogP) is 2.74. The summed E-state index contributed by atoms with van der Waals surface area (Å²) in [6.07, 6.45) is 3.97. The fraction of sp³-hybridized carbons (Fsp3) is 0.357. The van der Waals surface area contributed by atoms with Crippen LogP contribution in [0.5, 0.6) is 0 Å². The molecule has 1 fully saturated rings. The van der Waals surface area contributed by atoms with E-state index in [-0.39, 0.29) is 5.56 Å². The molecule has 2 aromatic rings. The van der Waals surface area contributed by atoms with Gasteiger partial charge < -0.3 is 10.3 Å². The second kappa shape index (κ2) is 4.24. The van der Waals surface area contributed by atoms with Gasteiger partial charge in [-0.05, 0) is 36.3 Å². The van der Waals surface area contributed by atoms with Gasteiger partial charge in [0, 0.05) is 11.9 Å². The lowest BCUT2D eigenvalue weighted by Gasteiger charge is -2.25. The summed E-state index contributed by atoms with van der Waals surface area (Å²) in [5, 5.41) is 5.07. The number of H-pyrrole nitrogens is 1. The predicted molar refractivity (Wildman–Crippen MR) is 70.4 cm³/mol. The van der Waals surface area contributed by atoms with Crippen LogP contribution in [0, 0.1) is 5.92 Å². The van der Waals surface area contributed by atoms with Gasteiger partial charge in [0.25, 0.3) is 5.56 Å². The molecule has 3 heteroatoms. The molecule has 0 unspecified atom stereocenters. The highest BCUT2D eigenvalue weighted by molar-refractivity contribution is 5.83. The standard InChI is InChI=1S/C14H16N2O/c17-14-12-7-2-1-6-11(12)8-13(16-14)15-9-10-4-3-5-10/h1-2,6-8,10H,3-5,9H2,(H2,15,16,17). The summed E-state index contributed by atoms with van der Waals surface area (Å²) in [6.45, 7) is 0.967. The minimum Gasteiger partial charge on any atom is -0.371 e. The van der Waals surface area contributed by atoms with Crippen LogP contribution in [0.4, 0.5) is 5.82 Å². The van der Waals surface area contributed by atoms with Crippen molar-refractivity contribution in [3.63, 3.8) is 0 Å². The average molecular weight is 228 g/mol. The molecule has 0 atom stereocenters. The minimum absolute atomic E-state index is 0.0146. The van der Waals surface area contributed by atoms with Crippen molar-refractivity contribution in [2.24, 2.45) is 5.92 Å². The summed E-state index contributed by atoms with van der Waals surface area (Å²) in [6, 6.07) is 9.68. The van der Waals surface area contributed by atoms with Crippen LogP contribution >= 0.6 is 0 Å². The molecule has 0 amide bonds. The van der Waals surface area contributed by atoms with Crippen LogP contribution in [0.2, 0.25) is 0 Å². The first-order valence-corrected chi connectivity index (χ1v) is 6.19. The molecule has 0 spiro atoms. The van der Waals surface area contributed by atoms with Crippen molar-refractivity contribution in [3.05, 3.63) is 40.7 Å². The maximum absolute atomic E-state index is 11.8. The Balaban J connectivity index is 1.86. The van der Waals surface area contributed by atoms with Gasteiger partial charge in [-0.25, -0.2) is 0 Å². The molecule has 3 rings (SSSR count). The maximum atomic E-state index is 11.8. The second-order valence-corrected chi connectivity index (χ2v) is 4.78. The van der Waals surface area contributed by atoms with Crippen molar-refractivity contribution in [2.75, 3.05) is 11.9 Å². The Kier molecular flexibility index (Phi) is 2.59. The number of benzene rings is 1. The Morgan fingerprint density at radius 3 is 2.88 bits per heavy atom. The molecule has 1 aliphatic carbocycles. The van der Waals surface area contributed by atoms with Crippen LogP contribution in [-0.4, -0.2) is 11.5 Å². The summed E-state index contributed by atoms with van der Waals surface area (Å²) in [7, 11) is 0. The summed E-state index contributed by atoms with van der Waals surface area (Å²) in [4.78, 5) is 14.7.